The minimum Gasteiger partial charge on any atom is -0.497 e. The molecule has 3 nitrogen and oxygen atoms in total. The third-order valence-corrected chi connectivity index (χ3v) is 3.46. The summed E-state index contributed by atoms with van der Waals surface area (Å²) >= 11 is 0. The summed E-state index contributed by atoms with van der Waals surface area (Å²) in [6.45, 7) is 7.70. The Hall–Kier alpha value is -1.22. The van der Waals surface area contributed by atoms with Crippen molar-refractivity contribution >= 4 is 0 Å². The normalized spacial score (nSPS) is 13.9. The number of benzene rings is 1. The lowest BCUT2D eigenvalue weighted by molar-refractivity contribution is 0.386. The van der Waals surface area contributed by atoms with E-state index in [0.717, 1.165) is 23.6 Å². The average molecular weight is 265 g/mol. The molecule has 0 saturated heterocycles. The van der Waals surface area contributed by atoms with Crippen LogP contribution in [0.25, 0.3) is 0 Å². The van der Waals surface area contributed by atoms with Gasteiger partial charge in [0, 0.05) is 11.6 Å². The Morgan fingerprint density at radius 2 is 1.89 bits per heavy atom. The Kier molecular flexibility index (Phi) is 6.71. The van der Waals surface area contributed by atoms with E-state index in [-0.39, 0.29) is 6.04 Å². The van der Waals surface area contributed by atoms with Gasteiger partial charge in [0.2, 0.25) is 0 Å². The van der Waals surface area contributed by atoms with Crippen molar-refractivity contribution in [3.8, 4) is 11.5 Å². The lowest BCUT2D eigenvalue weighted by atomic mass is 10.0. The van der Waals surface area contributed by atoms with E-state index in [1.165, 1.54) is 12.8 Å². The Morgan fingerprint density at radius 3 is 2.47 bits per heavy atom. The minimum atomic E-state index is 0.254. The van der Waals surface area contributed by atoms with Crippen molar-refractivity contribution in [1.82, 2.24) is 5.32 Å². The molecule has 0 spiro atoms. The van der Waals surface area contributed by atoms with Crippen LogP contribution in [0.1, 0.15) is 45.2 Å². The van der Waals surface area contributed by atoms with Crippen LogP contribution >= 0.6 is 0 Å². The first-order chi connectivity index (χ1) is 9.12. The first kappa shape index (κ1) is 15.8. The van der Waals surface area contributed by atoms with Gasteiger partial charge in [0.05, 0.1) is 14.2 Å². The third kappa shape index (κ3) is 4.75. The minimum absolute atomic E-state index is 0.254. The zero-order valence-corrected chi connectivity index (χ0v) is 12.8. The van der Waals surface area contributed by atoms with E-state index in [0.29, 0.717) is 5.92 Å². The highest BCUT2D eigenvalue weighted by Gasteiger charge is 2.13. The van der Waals surface area contributed by atoms with Gasteiger partial charge in [-0.1, -0.05) is 20.3 Å². The zero-order valence-electron chi connectivity index (χ0n) is 12.8. The van der Waals surface area contributed by atoms with E-state index in [1.54, 1.807) is 14.2 Å². The second kappa shape index (κ2) is 8.05. The molecule has 1 aromatic rings. The average Bonchev–Trinajstić information content (AvgIpc) is 2.44. The van der Waals surface area contributed by atoms with Crippen LogP contribution in [0.15, 0.2) is 18.2 Å². The van der Waals surface area contributed by atoms with E-state index in [4.69, 9.17) is 9.47 Å². The maximum Gasteiger partial charge on any atom is 0.123 e. The molecule has 19 heavy (non-hydrogen) atoms. The van der Waals surface area contributed by atoms with Crippen molar-refractivity contribution in [2.24, 2.45) is 5.92 Å². The molecule has 0 saturated carbocycles. The topological polar surface area (TPSA) is 30.5 Å². The van der Waals surface area contributed by atoms with E-state index >= 15 is 0 Å². The molecule has 0 amide bonds. The van der Waals surface area contributed by atoms with Gasteiger partial charge in [0.1, 0.15) is 11.5 Å². The molecule has 0 aliphatic carbocycles. The van der Waals surface area contributed by atoms with Gasteiger partial charge in [-0.2, -0.15) is 0 Å². The van der Waals surface area contributed by atoms with Gasteiger partial charge in [-0.25, -0.2) is 0 Å². The van der Waals surface area contributed by atoms with Crippen LogP contribution in [0.4, 0.5) is 0 Å². The SMILES string of the molecule is CCCC(C)CNC(C)c1cc(OC)ccc1OC. The number of ether oxygens (including phenoxy) is 2. The maximum atomic E-state index is 5.42. The predicted molar refractivity (Wildman–Crippen MR) is 80.0 cm³/mol. The fourth-order valence-corrected chi connectivity index (χ4v) is 2.26. The Bertz CT molecular complexity index is 379. The molecule has 0 bridgehead atoms. The van der Waals surface area contributed by atoms with Crippen LogP contribution in [0.5, 0.6) is 11.5 Å². The number of hydrogen-bond donors (Lipinski definition) is 1. The van der Waals surface area contributed by atoms with Crippen molar-refractivity contribution in [1.29, 1.82) is 0 Å². The molecule has 0 radical (unpaired) electrons. The molecule has 2 atom stereocenters. The lowest BCUT2D eigenvalue weighted by Crippen LogP contribution is -2.24. The van der Waals surface area contributed by atoms with E-state index in [9.17, 15) is 0 Å². The summed E-state index contributed by atoms with van der Waals surface area (Å²) in [6.07, 6.45) is 2.49. The highest BCUT2D eigenvalue weighted by Crippen LogP contribution is 2.29. The van der Waals surface area contributed by atoms with Crippen LogP contribution in [0, 0.1) is 5.92 Å². The van der Waals surface area contributed by atoms with Gasteiger partial charge in [-0.3, -0.25) is 0 Å². The van der Waals surface area contributed by atoms with Crippen LogP contribution < -0.4 is 14.8 Å². The Morgan fingerprint density at radius 1 is 1.16 bits per heavy atom. The molecule has 2 unspecified atom stereocenters. The maximum absolute atomic E-state index is 5.42. The van der Waals surface area contributed by atoms with Crippen LogP contribution in [-0.4, -0.2) is 20.8 Å². The molecule has 0 heterocycles. The number of rotatable bonds is 8. The zero-order chi connectivity index (χ0) is 14.3. The molecule has 0 aromatic heterocycles. The van der Waals surface area contributed by atoms with Crippen LogP contribution in [0.2, 0.25) is 0 Å². The van der Waals surface area contributed by atoms with Crippen molar-refractivity contribution in [2.45, 2.75) is 39.7 Å². The highest BCUT2D eigenvalue weighted by molar-refractivity contribution is 5.42. The van der Waals surface area contributed by atoms with Crippen LogP contribution in [-0.2, 0) is 0 Å². The quantitative estimate of drug-likeness (QED) is 0.775. The summed E-state index contributed by atoms with van der Waals surface area (Å²) < 4.78 is 10.7. The Balaban J connectivity index is 2.71. The van der Waals surface area contributed by atoms with Gasteiger partial charge in [0.15, 0.2) is 0 Å². The molecule has 1 aromatic carbocycles. The molecule has 0 aliphatic rings. The highest BCUT2D eigenvalue weighted by atomic mass is 16.5. The molecule has 1 N–H and O–H groups in total. The second-order valence-electron chi connectivity index (χ2n) is 5.13. The Labute approximate surface area is 117 Å². The molecule has 3 heteroatoms. The fourth-order valence-electron chi connectivity index (χ4n) is 2.26. The summed E-state index contributed by atoms with van der Waals surface area (Å²) in [4.78, 5) is 0. The smallest absolute Gasteiger partial charge is 0.123 e. The largest absolute Gasteiger partial charge is 0.497 e. The molecular formula is C16H27NO2. The summed E-state index contributed by atoms with van der Waals surface area (Å²) in [5.74, 6) is 2.47. The standard InChI is InChI=1S/C16H27NO2/c1-6-7-12(2)11-17-13(3)15-10-14(18-4)8-9-16(15)19-5/h8-10,12-13,17H,6-7,11H2,1-5H3. The fraction of sp³-hybridized carbons (Fsp3) is 0.625. The monoisotopic (exact) mass is 265 g/mol. The number of methoxy groups -OCH3 is 2. The van der Waals surface area contributed by atoms with E-state index < -0.39 is 0 Å². The van der Waals surface area contributed by atoms with Gasteiger partial charge >= 0.3 is 0 Å². The number of nitrogens with one attached hydrogen (secondary N) is 1. The van der Waals surface area contributed by atoms with Gasteiger partial charge in [-0.05, 0) is 44.0 Å². The number of hydrogen-bond acceptors (Lipinski definition) is 3. The summed E-state index contributed by atoms with van der Waals surface area (Å²) in [6, 6.07) is 6.18. The molecule has 0 aliphatic heterocycles. The molecule has 1 rings (SSSR count). The van der Waals surface area contributed by atoms with Crippen molar-refractivity contribution in [2.75, 3.05) is 20.8 Å². The van der Waals surface area contributed by atoms with E-state index in [1.807, 2.05) is 18.2 Å². The van der Waals surface area contributed by atoms with Gasteiger partial charge in [0.25, 0.3) is 0 Å². The third-order valence-electron chi connectivity index (χ3n) is 3.46. The first-order valence-corrected chi connectivity index (χ1v) is 7.07. The predicted octanol–water partition coefficient (Wildman–Crippen LogP) is 3.79. The first-order valence-electron chi connectivity index (χ1n) is 7.07. The van der Waals surface area contributed by atoms with Crippen molar-refractivity contribution in [3.05, 3.63) is 23.8 Å². The molecule has 0 fully saturated rings. The van der Waals surface area contributed by atoms with E-state index in [2.05, 4.69) is 26.1 Å². The molecule has 108 valence electrons. The second-order valence-corrected chi connectivity index (χ2v) is 5.13. The van der Waals surface area contributed by atoms with Crippen molar-refractivity contribution < 1.29 is 9.47 Å². The van der Waals surface area contributed by atoms with Crippen LogP contribution in [0.3, 0.4) is 0 Å². The summed E-state index contributed by atoms with van der Waals surface area (Å²) in [5, 5.41) is 3.57. The summed E-state index contributed by atoms with van der Waals surface area (Å²) in [5.41, 5.74) is 1.14. The molecular weight excluding hydrogens is 238 g/mol. The lowest BCUT2D eigenvalue weighted by Gasteiger charge is -2.20. The van der Waals surface area contributed by atoms with Gasteiger partial charge < -0.3 is 14.8 Å². The van der Waals surface area contributed by atoms with Crippen molar-refractivity contribution in [3.63, 3.8) is 0 Å². The summed E-state index contributed by atoms with van der Waals surface area (Å²) in [7, 11) is 3.39. The van der Waals surface area contributed by atoms with Gasteiger partial charge in [-0.15, -0.1) is 0 Å².